The molecule has 9 nitrogen and oxygen atoms in total. The van der Waals surface area contributed by atoms with Crippen LogP contribution in [0.5, 0.6) is 0 Å². The molecular weight excluding hydrogens is 322 g/mol. The highest BCUT2D eigenvalue weighted by atomic mass is 32.2. The molecule has 0 aliphatic rings. The third-order valence-electron chi connectivity index (χ3n) is 3.15. The Labute approximate surface area is 133 Å². The number of nitrogens with one attached hydrogen (secondary N) is 1. The van der Waals surface area contributed by atoms with Gasteiger partial charge in [0, 0.05) is 25.5 Å². The number of hydrogen-bond acceptors (Lipinski definition) is 7. The van der Waals surface area contributed by atoms with Crippen molar-refractivity contribution >= 4 is 21.4 Å². The summed E-state index contributed by atoms with van der Waals surface area (Å²) in [6.07, 6.45) is 4.62. The Bertz CT molecular complexity index is 810. The fourth-order valence-corrected chi connectivity index (χ4v) is 2.75. The van der Waals surface area contributed by atoms with Gasteiger partial charge in [-0.3, -0.25) is 20.1 Å². The van der Waals surface area contributed by atoms with Crippen molar-refractivity contribution in [2.75, 3.05) is 19.0 Å². The van der Waals surface area contributed by atoms with Crippen molar-refractivity contribution in [3.05, 3.63) is 52.6 Å². The predicted molar refractivity (Wildman–Crippen MR) is 83.5 cm³/mol. The maximum absolute atomic E-state index is 11.8. The maximum Gasteiger partial charge on any atom is 0.293 e. The van der Waals surface area contributed by atoms with E-state index in [-0.39, 0.29) is 16.3 Å². The number of nitro groups is 1. The lowest BCUT2D eigenvalue weighted by Crippen LogP contribution is -2.21. The van der Waals surface area contributed by atoms with E-state index in [0.717, 1.165) is 6.07 Å². The van der Waals surface area contributed by atoms with Crippen LogP contribution in [0.15, 0.2) is 41.7 Å². The molecule has 122 valence electrons. The van der Waals surface area contributed by atoms with E-state index >= 15 is 0 Å². The van der Waals surface area contributed by atoms with Crippen LogP contribution < -0.4 is 9.62 Å². The molecule has 0 saturated heterocycles. The summed E-state index contributed by atoms with van der Waals surface area (Å²) in [6.45, 7) is 0.298. The molecule has 1 heterocycles. The molecule has 0 saturated carbocycles. The highest BCUT2D eigenvalue weighted by molar-refractivity contribution is 7.89. The summed E-state index contributed by atoms with van der Waals surface area (Å²) >= 11 is 0. The van der Waals surface area contributed by atoms with Crippen LogP contribution in [0.4, 0.5) is 11.4 Å². The van der Waals surface area contributed by atoms with Crippen LogP contribution in [-0.4, -0.2) is 37.4 Å². The second-order valence-electron chi connectivity index (χ2n) is 4.67. The van der Waals surface area contributed by atoms with Gasteiger partial charge in [0.1, 0.15) is 5.69 Å². The van der Waals surface area contributed by atoms with Gasteiger partial charge in [-0.1, -0.05) is 0 Å². The van der Waals surface area contributed by atoms with Crippen molar-refractivity contribution in [3.63, 3.8) is 0 Å². The van der Waals surface area contributed by atoms with Crippen LogP contribution in [0.25, 0.3) is 0 Å². The van der Waals surface area contributed by atoms with Crippen LogP contribution in [0.3, 0.4) is 0 Å². The first-order valence-corrected chi connectivity index (χ1v) is 8.01. The van der Waals surface area contributed by atoms with Crippen molar-refractivity contribution < 1.29 is 13.3 Å². The van der Waals surface area contributed by atoms with E-state index in [1.54, 1.807) is 18.1 Å². The summed E-state index contributed by atoms with van der Waals surface area (Å²) in [6, 6.07) is 3.76. The molecule has 0 amide bonds. The molecule has 2 aromatic rings. The molecule has 1 aromatic carbocycles. The molecule has 0 aliphatic heterocycles. The van der Waals surface area contributed by atoms with Gasteiger partial charge < -0.3 is 4.90 Å². The number of hydrogen-bond donors (Lipinski definition) is 1. The number of anilines is 1. The zero-order valence-corrected chi connectivity index (χ0v) is 13.3. The molecule has 0 bridgehead atoms. The molecular formula is C13H15N5O4S. The highest BCUT2D eigenvalue weighted by Gasteiger charge is 2.22. The van der Waals surface area contributed by atoms with Gasteiger partial charge >= 0.3 is 0 Å². The second-order valence-corrected chi connectivity index (χ2v) is 6.55. The minimum atomic E-state index is -3.75. The largest absolute Gasteiger partial charge is 0.363 e. The lowest BCUT2D eigenvalue weighted by Gasteiger charge is -2.19. The van der Waals surface area contributed by atoms with E-state index in [0.29, 0.717) is 12.2 Å². The first-order valence-electron chi connectivity index (χ1n) is 6.53. The van der Waals surface area contributed by atoms with E-state index in [1.807, 2.05) is 0 Å². The Morgan fingerprint density at radius 3 is 2.65 bits per heavy atom. The summed E-state index contributed by atoms with van der Waals surface area (Å²) in [5, 5.41) is 11.3. The van der Waals surface area contributed by atoms with Crippen LogP contribution in [-0.2, 0) is 16.6 Å². The van der Waals surface area contributed by atoms with Gasteiger partial charge in [-0.25, -0.2) is 13.1 Å². The zero-order valence-electron chi connectivity index (χ0n) is 12.5. The standard InChI is InChI=1S/C13H15N5O4S/c1-14-23(21,22)11-3-4-12(13(7-11)18(19)20)17(2)9-10-8-15-5-6-16-10/h3-8,14H,9H2,1-2H3. The number of sulfonamides is 1. The minimum absolute atomic E-state index is 0.164. The number of aromatic nitrogens is 2. The summed E-state index contributed by atoms with van der Waals surface area (Å²) in [4.78, 5) is 20.2. The number of nitro benzene ring substituents is 1. The second kappa shape index (κ2) is 6.67. The Hall–Kier alpha value is -2.59. The van der Waals surface area contributed by atoms with E-state index in [1.165, 1.54) is 31.6 Å². The molecule has 1 N–H and O–H groups in total. The number of benzene rings is 1. The molecule has 0 atom stereocenters. The van der Waals surface area contributed by atoms with E-state index < -0.39 is 14.9 Å². The minimum Gasteiger partial charge on any atom is -0.363 e. The van der Waals surface area contributed by atoms with Crippen LogP contribution in [0.2, 0.25) is 0 Å². The number of nitrogens with zero attached hydrogens (tertiary/aromatic N) is 4. The van der Waals surface area contributed by atoms with Crippen LogP contribution >= 0.6 is 0 Å². The monoisotopic (exact) mass is 337 g/mol. The Balaban J connectivity index is 2.40. The van der Waals surface area contributed by atoms with Gasteiger partial charge in [-0.2, -0.15) is 0 Å². The smallest absolute Gasteiger partial charge is 0.293 e. The predicted octanol–water partition coefficient (Wildman–Crippen LogP) is 0.929. The normalized spacial score (nSPS) is 11.2. The Morgan fingerprint density at radius 2 is 2.09 bits per heavy atom. The molecule has 23 heavy (non-hydrogen) atoms. The van der Waals surface area contributed by atoms with Crippen molar-refractivity contribution in [1.29, 1.82) is 0 Å². The summed E-state index contributed by atoms with van der Waals surface area (Å²) in [5.41, 5.74) is 0.625. The quantitative estimate of drug-likeness (QED) is 0.615. The SMILES string of the molecule is CNS(=O)(=O)c1ccc(N(C)Cc2cnccn2)c([N+](=O)[O-])c1. The summed E-state index contributed by atoms with van der Waals surface area (Å²) in [7, 11) is -0.850. The summed E-state index contributed by atoms with van der Waals surface area (Å²) in [5.74, 6) is 0. The van der Waals surface area contributed by atoms with Gasteiger partial charge in [0.15, 0.2) is 0 Å². The van der Waals surface area contributed by atoms with Crippen molar-refractivity contribution in [1.82, 2.24) is 14.7 Å². The first kappa shape index (κ1) is 16.8. The van der Waals surface area contributed by atoms with Gasteiger partial charge in [-0.05, 0) is 19.2 Å². The van der Waals surface area contributed by atoms with E-state index in [2.05, 4.69) is 14.7 Å². The van der Waals surface area contributed by atoms with Gasteiger partial charge in [0.25, 0.3) is 5.69 Å². The molecule has 0 fully saturated rings. The average molecular weight is 337 g/mol. The fraction of sp³-hybridized carbons (Fsp3) is 0.231. The van der Waals surface area contributed by atoms with Crippen LogP contribution in [0.1, 0.15) is 5.69 Å². The molecule has 0 aliphatic carbocycles. The zero-order chi connectivity index (χ0) is 17.0. The number of rotatable bonds is 6. The Morgan fingerprint density at radius 1 is 1.35 bits per heavy atom. The molecule has 1 aromatic heterocycles. The first-order chi connectivity index (χ1) is 10.8. The van der Waals surface area contributed by atoms with Gasteiger partial charge in [-0.15, -0.1) is 0 Å². The lowest BCUT2D eigenvalue weighted by atomic mass is 10.2. The van der Waals surface area contributed by atoms with E-state index in [4.69, 9.17) is 0 Å². The average Bonchev–Trinajstić information content (AvgIpc) is 2.55. The maximum atomic E-state index is 11.8. The van der Waals surface area contributed by atoms with E-state index in [9.17, 15) is 18.5 Å². The molecule has 0 spiro atoms. The third-order valence-corrected chi connectivity index (χ3v) is 4.56. The van der Waals surface area contributed by atoms with Crippen LogP contribution in [0, 0.1) is 10.1 Å². The van der Waals surface area contributed by atoms with Crippen molar-refractivity contribution in [2.24, 2.45) is 0 Å². The van der Waals surface area contributed by atoms with Gasteiger partial charge in [0.05, 0.1) is 28.3 Å². The summed E-state index contributed by atoms with van der Waals surface area (Å²) < 4.78 is 25.7. The molecule has 0 radical (unpaired) electrons. The Kier molecular flexibility index (Phi) is 4.86. The lowest BCUT2D eigenvalue weighted by molar-refractivity contribution is -0.384. The van der Waals surface area contributed by atoms with Crippen molar-refractivity contribution in [2.45, 2.75) is 11.4 Å². The fourth-order valence-electron chi connectivity index (χ4n) is 2.00. The molecule has 0 unspecified atom stereocenters. The molecule has 10 heteroatoms. The topological polar surface area (TPSA) is 118 Å². The third kappa shape index (κ3) is 3.79. The van der Waals surface area contributed by atoms with Crippen molar-refractivity contribution in [3.8, 4) is 0 Å². The highest BCUT2D eigenvalue weighted by Crippen LogP contribution is 2.30. The van der Waals surface area contributed by atoms with Gasteiger partial charge in [0.2, 0.25) is 10.0 Å². The molecule has 2 rings (SSSR count).